The summed E-state index contributed by atoms with van der Waals surface area (Å²) in [4.78, 5) is 165. The second-order valence-electron chi connectivity index (χ2n) is 23.6. The van der Waals surface area contributed by atoms with Gasteiger partial charge in [0.1, 0.15) is 60.6 Å². The normalized spacial score (nSPS) is 17.5. The fourth-order valence-corrected chi connectivity index (χ4v) is 12.5. The number of aliphatic hydroxyl groups is 2. The number of unbranched alkanes of at least 4 members (excludes halogenated alkanes) is 2. The minimum Gasteiger partial charge on any atom is -0.480 e. The third-order valence-electron chi connectivity index (χ3n) is 16.1. The van der Waals surface area contributed by atoms with E-state index in [0.29, 0.717) is 66.9 Å². The zero-order chi connectivity index (χ0) is 71.0. The minimum atomic E-state index is -1.73. The van der Waals surface area contributed by atoms with Gasteiger partial charge in [-0.3, -0.25) is 57.9 Å². The van der Waals surface area contributed by atoms with Crippen molar-refractivity contribution in [3.8, 4) is 0 Å². The summed E-state index contributed by atoms with van der Waals surface area (Å²) < 4.78 is 0. The summed E-state index contributed by atoms with van der Waals surface area (Å²) >= 11 is 2.53. The second kappa shape index (κ2) is 41.3. The molecule has 10 amide bonds. The van der Waals surface area contributed by atoms with E-state index in [1.54, 1.807) is 65.4 Å². The summed E-state index contributed by atoms with van der Waals surface area (Å²) in [6, 6.07) is 2.02. The largest absolute Gasteiger partial charge is 0.480 e. The van der Waals surface area contributed by atoms with Crippen LogP contribution in [0.1, 0.15) is 105 Å². The molecular formula is C62H95N19O14S2. The van der Waals surface area contributed by atoms with Gasteiger partial charge in [0.2, 0.25) is 59.1 Å². The summed E-state index contributed by atoms with van der Waals surface area (Å²) in [5.74, 6) is -9.92. The number of likely N-dealkylation sites (tertiary alicyclic amines) is 2. The van der Waals surface area contributed by atoms with Crippen molar-refractivity contribution in [1.29, 1.82) is 0 Å². The summed E-state index contributed by atoms with van der Waals surface area (Å²) in [6.07, 6.45) is 1.41. The fourth-order valence-electron chi connectivity index (χ4n) is 11.0. The quantitative estimate of drug-likeness (QED) is 0.0144. The SMILES string of the molecule is NCCCC[C@H](NC(=O)[C@@H](N)CCCCN)C(=O)N[C@@H](CCCN=C(N)N)C(=O)N1C(O)CC[C@H]1C(=O)N1CCC[C@H]1C(=O)NCC(=O)N[C@@H](Cc1cccs1)C(=O)N[C@@H](CO)C(=O)N[C@@H](Cc1ccccc1)C(=O)N[C@@H](Cc1cccs1)C(=O)N[C@@H](CCCN=C(N)N)C(=O)O. The van der Waals surface area contributed by atoms with Gasteiger partial charge in [-0.15, -0.1) is 22.7 Å². The average Bonchev–Trinajstić information content (AvgIpc) is 1.67. The highest BCUT2D eigenvalue weighted by Crippen LogP contribution is 2.29. The van der Waals surface area contributed by atoms with Crippen LogP contribution >= 0.6 is 22.7 Å². The molecule has 0 bridgehead atoms. The minimum absolute atomic E-state index is 0.0238. The fraction of sp³-hybridized carbons (Fsp3) is 0.565. The number of aliphatic imine (C=N–C) groups is 2. The van der Waals surface area contributed by atoms with Gasteiger partial charge in [0.15, 0.2) is 11.9 Å². The number of carbonyl (C=O) groups is 11. The van der Waals surface area contributed by atoms with Gasteiger partial charge in [-0.1, -0.05) is 48.9 Å². The molecule has 0 radical (unpaired) electrons. The Bertz CT molecular complexity index is 3120. The number of carbonyl (C=O) groups excluding carboxylic acids is 10. The molecule has 5 rings (SSSR count). The van der Waals surface area contributed by atoms with E-state index in [9.17, 15) is 68.1 Å². The van der Waals surface area contributed by atoms with Crippen LogP contribution < -0.4 is 82.7 Å². The number of hydrogen-bond donors (Lipinski definition) is 18. The number of aliphatic carboxylic acids is 1. The maximum atomic E-state index is 14.7. The average molecular weight is 1390 g/mol. The van der Waals surface area contributed by atoms with Crippen LogP contribution in [0.25, 0.3) is 0 Å². The Morgan fingerprint density at radius 1 is 0.546 bits per heavy atom. The number of carboxylic acid groups (broad SMARTS) is 1. The predicted octanol–water partition coefficient (Wildman–Crippen LogP) is -4.58. The smallest absolute Gasteiger partial charge is 0.326 e. The monoisotopic (exact) mass is 1390 g/mol. The molecule has 0 spiro atoms. The summed E-state index contributed by atoms with van der Waals surface area (Å²) in [5, 5.41) is 56.2. The highest BCUT2D eigenvalue weighted by molar-refractivity contribution is 7.10. The Kier molecular flexibility index (Phi) is 33.5. The number of guanidine groups is 2. The van der Waals surface area contributed by atoms with Crippen LogP contribution in [0.15, 0.2) is 75.3 Å². The third kappa shape index (κ3) is 26.2. The van der Waals surface area contributed by atoms with Crippen molar-refractivity contribution in [2.45, 2.75) is 176 Å². The van der Waals surface area contributed by atoms with Crippen LogP contribution in [0.2, 0.25) is 0 Å². The van der Waals surface area contributed by atoms with Crippen LogP contribution in [0.4, 0.5) is 0 Å². The number of benzene rings is 1. The molecule has 2 saturated heterocycles. The number of thiophene rings is 2. The molecule has 1 unspecified atom stereocenters. The number of nitrogens with one attached hydrogen (secondary N) is 8. The molecule has 4 heterocycles. The Morgan fingerprint density at radius 3 is 1.59 bits per heavy atom. The number of nitrogens with two attached hydrogens (primary N) is 7. The first-order chi connectivity index (χ1) is 46.4. The molecular weight excluding hydrogens is 1300 g/mol. The number of amides is 10. The van der Waals surface area contributed by atoms with Crippen LogP contribution in [-0.4, -0.2) is 215 Å². The lowest BCUT2D eigenvalue weighted by atomic mass is 10.0. The van der Waals surface area contributed by atoms with Gasteiger partial charge in [-0.25, -0.2) is 4.79 Å². The van der Waals surface area contributed by atoms with Gasteiger partial charge < -0.3 is 108 Å². The number of nitrogens with zero attached hydrogens (tertiary/aromatic N) is 4. The lowest BCUT2D eigenvalue weighted by Gasteiger charge is -2.34. The lowest BCUT2D eigenvalue weighted by Crippen LogP contribution is -2.60. The molecule has 33 nitrogen and oxygen atoms in total. The molecule has 11 atom stereocenters. The molecule has 2 aromatic heterocycles. The highest BCUT2D eigenvalue weighted by Gasteiger charge is 2.47. The Balaban J connectivity index is 1.27. The molecule has 2 fully saturated rings. The van der Waals surface area contributed by atoms with Crippen molar-refractivity contribution in [3.05, 3.63) is 80.7 Å². The van der Waals surface area contributed by atoms with E-state index in [1.807, 2.05) is 0 Å². The van der Waals surface area contributed by atoms with Crippen molar-refractivity contribution in [2.75, 3.05) is 45.9 Å². The molecule has 2 aliphatic heterocycles. The van der Waals surface area contributed by atoms with E-state index in [1.165, 1.54) is 27.6 Å². The van der Waals surface area contributed by atoms with E-state index in [4.69, 9.17) is 40.1 Å². The maximum absolute atomic E-state index is 14.7. The second-order valence-corrected chi connectivity index (χ2v) is 25.6. The van der Waals surface area contributed by atoms with E-state index >= 15 is 0 Å². The van der Waals surface area contributed by atoms with Gasteiger partial charge in [-0.2, -0.15) is 0 Å². The zero-order valence-electron chi connectivity index (χ0n) is 54.2. The van der Waals surface area contributed by atoms with Gasteiger partial charge in [-0.05, 0) is 125 Å². The van der Waals surface area contributed by atoms with Gasteiger partial charge >= 0.3 is 5.97 Å². The van der Waals surface area contributed by atoms with Crippen LogP contribution in [0.5, 0.6) is 0 Å². The molecule has 25 N–H and O–H groups in total. The van der Waals surface area contributed by atoms with Crippen LogP contribution in [-0.2, 0) is 72.0 Å². The van der Waals surface area contributed by atoms with Crippen LogP contribution in [0, 0.1) is 0 Å². The molecule has 0 saturated carbocycles. The molecule has 3 aromatic rings. The summed E-state index contributed by atoms with van der Waals surface area (Å²) in [7, 11) is 0. The van der Waals surface area contributed by atoms with Gasteiger partial charge in [0, 0.05) is 48.7 Å². The standard InChI is InChI=1S/C62H95N19O14S2/c63-24-6-4-17-39(65)51(85)74-40(18-5-7-25-64)52(86)75-41(19-8-26-70-61(66)67)58(92)81-48(22-23-50(81)84)59(93)80-28-10-21-47(80)57(91)72-34-49(83)73-44(32-37-15-11-29-96-37)54(88)79-46(35-82)56(90)77-43(31-36-13-2-1-3-14-36)53(87)78-45(33-38-16-12-30-97-38)55(89)76-42(60(94)95)20-9-27-71-62(68)69/h1-3,11-16,29-30,39-48,50,82,84H,4-10,17-28,31-35,63-65H2,(H,72,91)(H,73,83)(H,74,85)(H,75,86)(H,76,89)(H,77,90)(H,78,87)(H,79,88)(H,94,95)(H4,66,67,70)(H4,68,69,71)/t39-,40-,41-,42-,43-,44-,45-,46-,47-,48-,50?/m0/s1. The van der Waals surface area contributed by atoms with Crippen molar-refractivity contribution >= 4 is 99.6 Å². The lowest BCUT2D eigenvalue weighted by molar-refractivity contribution is -0.154. The van der Waals surface area contributed by atoms with Crippen LogP contribution in [0.3, 0.4) is 0 Å². The molecule has 534 valence electrons. The van der Waals surface area contributed by atoms with E-state index in [0.717, 1.165) is 4.90 Å². The van der Waals surface area contributed by atoms with Crippen molar-refractivity contribution in [3.63, 3.8) is 0 Å². The van der Waals surface area contributed by atoms with Gasteiger partial charge in [0.05, 0.1) is 19.2 Å². The Labute approximate surface area is 570 Å². The number of aliphatic hydroxyl groups excluding tert-OH is 2. The number of carboxylic acids is 1. The Morgan fingerprint density at radius 2 is 1.04 bits per heavy atom. The molecule has 97 heavy (non-hydrogen) atoms. The Hall–Kier alpha value is -8.87. The summed E-state index contributed by atoms with van der Waals surface area (Å²) in [6.45, 7) is -0.800. The highest BCUT2D eigenvalue weighted by atomic mass is 32.1. The van der Waals surface area contributed by atoms with Crippen molar-refractivity contribution in [2.24, 2.45) is 50.1 Å². The maximum Gasteiger partial charge on any atom is 0.326 e. The number of rotatable bonds is 42. The van der Waals surface area contributed by atoms with Gasteiger partial charge in [0.25, 0.3) is 0 Å². The zero-order valence-corrected chi connectivity index (χ0v) is 55.8. The topological polar surface area (TPSA) is 558 Å². The predicted molar refractivity (Wildman–Crippen MR) is 362 cm³/mol. The first-order valence-electron chi connectivity index (χ1n) is 32.3. The molecule has 35 heteroatoms. The first kappa shape index (κ1) is 78.8. The van der Waals surface area contributed by atoms with Crippen molar-refractivity contribution in [1.82, 2.24) is 52.3 Å². The third-order valence-corrected chi connectivity index (χ3v) is 17.9. The summed E-state index contributed by atoms with van der Waals surface area (Å²) in [5.41, 5.74) is 39.9. The molecule has 2 aliphatic rings. The van der Waals surface area contributed by atoms with E-state index in [2.05, 4.69) is 52.5 Å². The molecule has 1 aromatic carbocycles. The molecule has 0 aliphatic carbocycles. The first-order valence-corrected chi connectivity index (χ1v) is 34.1. The van der Waals surface area contributed by atoms with Crippen molar-refractivity contribution < 1.29 is 68.1 Å². The van der Waals surface area contributed by atoms with E-state index in [-0.39, 0.29) is 102 Å². The number of hydrogen-bond acceptors (Lipinski definition) is 20. The van der Waals surface area contributed by atoms with E-state index < -0.39 is 145 Å².